The van der Waals surface area contributed by atoms with Crippen LogP contribution in [-0.4, -0.2) is 46.8 Å². The number of cyclic esters (lactones) is 1. The van der Waals surface area contributed by atoms with Gasteiger partial charge in [-0.25, -0.2) is 9.78 Å². The van der Waals surface area contributed by atoms with E-state index in [9.17, 15) is 14.7 Å². The van der Waals surface area contributed by atoms with Gasteiger partial charge < -0.3 is 14.6 Å². The first-order valence-electron chi connectivity index (χ1n) is 12.3. The topological polar surface area (TPSA) is 85.7 Å². The fourth-order valence-corrected chi connectivity index (χ4v) is 5.42. The molecule has 6 nitrogen and oxygen atoms in total. The molecule has 0 bridgehead atoms. The smallest absolute Gasteiger partial charge is 0.331 e. The fraction of sp³-hybridized carbons (Fsp3) is 0.667. The number of esters is 1. The number of rotatable bonds is 2. The molecule has 1 fully saturated rings. The summed E-state index contributed by atoms with van der Waals surface area (Å²) in [7, 11) is 0. The van der Waals surface area contributed by atoms with Crippen LogP contribution >= 0.6 is 11.3 Å². The lowest BCUT2D eigenvalue weighted by Gasteiger charge is -2.39. The van der Waals surface area contributed by atoms with Crippen LogP contribution in [0.5, 0.6) is 0 Å². The number of hydrogen-bond donors (Lipinski definition) is 1. The zero-order valence-electron chi connectivity index (χ0n) is 21.2. The van der Waals surface area contributed by atoms with Gasteiger partial charge >= 0.3 is 5.97 Å². The molecule has 6 atom stereocenters. The minimum absolute atomic E-state index is 0.0236. The van der Waals surface area contributed by atoms with Gasteiger partial charge in [0.2, 0.25) is 0 Å². The van der Waals surface area contributed by atoms with Crippen LogP contribution in [0.1, 0.15) is 71.0 Å². The molecule has 34 heavy (non-hydrogen) atoms. The summed E-state index contributed by atoms with van der Waals surface area (Å²) >= 11 is 1.58. The van der Waals surface area contributed by atoms with Crippen LogP contribution in [-0.2, 0) is 19.1 Å². The van der Waals surface area contributed by atoms with E-state index in [2.05, 4.69) is 4.98 Å². The van der Waals surface area contributed by atoms with E-state index in [0.29, 0.717) is 18.9 Å². The van der Waals surface area contributed by atoms with Gasteiger partial charge in [0.15, 0.2) is 0 Å². The lowest BCUT2D eigenvalue weighted by molar-refractivity contribution is -0.153. The summed E-state index contributed by atoms with van der Waals surface area (Å²) in [6.45, 7) is 12.0. The van der Waals surface area contributed by atoms with Gasteiger partial charge in [-0.05, 0) is 58.1 Å². The average Bonchev–Trinajstić information content (AvgIpc) is 3.19. The summed E-state index contributed by atoms with van der Waals surface area (Å²) in [5, 5.41) is 13.8. The normalized spacial score (nSPS) is 34.6. The second-order valence-electron chi connectivity index (χ2n) is 10.6. The van der Waals surface area contributed by atoms with Gasteiger partial charge in [0, 0.05) is 35.1 Å². The Kier molecular flexibility index (Phi) is 8.87. The number of ether oxygens (including phenoxy) is 2. The van der Waals surface area contributed by atoms with Crippen LogP contribution in [0.3, 0.4) is 0 Å². The minimum atomic E-state index is -0.892. The molecule has 3 rings (SSSR count). The molecule has 1 N–H and O–H groups in total. The van der Waals surface area contributed by atoms with E-state index in [-0.39, 0.29) is 17.8 Å². The van der Waals surface area contributed by atoms with E-state index in [1.165, 1.54) is 6.08 Å². The number of carbonyl (C=O) groups is 2. The van der Waals surface area contributed by atoms with Gasteiger partial charge in [-0.3, -0.25) is 4.79 Å². The highest BCUT2D eigenvalue weighted by Crippen LogP contribution is 2.34. The van der Waals surface area contributed by atoms with Gasteiger partial charge in [0.05, 0.1) is 29.5 Å². The number of fused-ring (bicyclic) bond motifs is 1. The highest BCUT2D eigenvalue weighted by atomic mass is 32.1. The Hall–Kier alpha value is -1.83. The maximum atomic E-state index is 13.1. The van der Waals surface area contributed by atoms with Crippen molar-refractivity contribution in [1.82, 2.24) is 4.98 Å². The second kappa shape index (κ2) is 11.3. The number of thiazole rings is 1. The van der Waals surface area contributed by atoms with E-state index in [1.54, 1.807) is 38.2 Å². The van der Waals surface area contributed by atoms with E-state index in [4.69, 9.17) is 9.47 Å². The van der Waals surface area contributed by atoms with Gasteiger partial charge in [-0.2, -0.15) is 0 Å². The van der Waals surface area contributed by atoms with Crippen molar-refractivity contribution in [2.24, 2.45) is 23.2 Å². The molecular weight excluding hydrogens is 450 g/mol. The summed E-state index contributed by atoms with van der Waals surface area (Å²) in [6, 6.07) is 0. The van der Waals surface area contributed by atoms with E-state index in [0.717, 1.165) is 35.5 Å². The molecule has 0 saturated carbocycles. The minimum Gasteiger partial charge on any atom is -0.455 e. The van der Waals surface area contributed by atoms with Crippen LogP contribution in [0.15, 0.2) is 23.1 Å². The molecular formula is C27H39NO5S. The number of aliphatic hydroxyl groups excluding tert-OH is 1. The number of carbonyl (C=O) groups excluding carboxylic acids is 2. The average molecular weight is 490 g/mol. The molecule has 1 saturated heterocycles. The molecule has 1 aromatic heterocycles. The van der Waals surface area contributed by atoms with Crippen molar-refractivity contribution in [3.05, 3.63) is 33.8 Å². The maximum Gasteiger partial charge on any atom is 0.331 e. The summed E-state index contributed by atoms with van der Waals surface area (Å²) in [6.07, 6.45) is 7.21. The number of aryl methyl sites for hydroxylation is 1. The van der Waals surface area contributed by atoms with Crippen molar-refractivity contribution in [3.8, 4) is 0 Å². The van der Waals surface area contributed by atoms with Crippen molar-refractivity contribution in [2.45, 2.75) is 85.5 Å². The number of aromatic nitrogens is 1. The van der Waals surface area contributed by atoms with Gasteiger partial charge in [-0.15, -0.1) is 11.3 Å². The Morgan fingerprint density at radius 1 is 1.26 bits per heavy atom. The van der Waals surface area contributed by atoms with Gasteiger partial charge in [-0.1, -0.05) is 26.3 Å². The Morgan fingerprint density at radius 2 is 2.00 bits per heavy atom. The first-order chi connectivity index (χ1) is 16.0. The Morgan fingerprint density at radius 3 is 2.62 bits per heavy atom. The van der Waals surface area contributed by atoms with Gasteiger partial charge in [0.1, 0.15) is 11.9 Å². The molecule has 7 heteroatoms. The molecule has 6 unspecified atom stereocenters. The first-order valence-corrected chi connectivity index (χ1v) is 13.2. The number of nitrogens with zero attached hydrogens (tertiary/aromatic N) is 1. The summed E-state index contributed by atoms with van der Waals surface area (Å²) in [4.78, 5) is 30.4. The van der Waals surface area contributed by atoms with E-state index in [1.807, 2.05) is 32.2 Å². The monoisotopic (exact) mass is 489 g/mol. The van der Waals surface area contributed by atoms with Crippen molar-refractivity contribution >= 4 is 29.2 Å². The lowest BCUT2D eigenvalue weighted by atomic mass is 9.76. The van der Waals surface area contributed by atoms with Gasteiger partial charge in [0.25, 0.3) is 0 Å². The van der Waals surface area contributed by atoms with Crippen LogP contribution < -0.4 is 0 Å². The predicted molar refractivity (Wildman–Crippen MR) is 134 cm³/mol. The van der Waals surface area contributed by atoms with E-state index < -0.39 is 29.5 Å². The molecule has 1 aromatic rings. The zero-order valence-corrected chi connectivity index (χ0v) is 22.1. The molecule has 0 amide bonds. The number of allylic oxidation sites excluding steroid dienone is 1. The molecule has 2 aliphatic rings. The number of ketones is 1. The van der Waals surface area contributed by atoms with E-state index >= 15 is 0 Å². The third-order valence-electron chi connectivity index (χ3n) is 7.29. The SMILES string of the molecule is C/C(=C\c1csc(C)n1)C1CC2OCC2CCCC(C)C(O)C(C)C(=O)C(C)(C)/C=C\C(=O)O1. The Bertz CT molecular complexity index is 933. The number of aliphatic hydroxyl groups is 1. The summed E-state index contributed by atoms with van der Waals surface area (Å²) in [5.74, 6) is -0.658. The molecule has 0 radical (unpaired) electrons. The molecule has 2 aliphatic heterocycles. The lowest BCUT2D eigenvalue weighted by Crippen LogP contribution is -2.43. The fourth-order valence-electron chi connectivity index (χ4n) is 4.85. The first kappa shape index (κ1) is 26.8. The van der Waals surface area contributed by atoms with Crippen molar-refractivity contribution in [3.63, 3.8) is 0 Å². The van der Waals surface area contributed by atoms with Crippen LogP contribution in [0.4, 0.5) is 0 Å². The summed E-state index contributed by atoms with van der Waals surface area (Å²) in [5.41, 5.74) is 0.887. The molecule has 188 valence electrons. The standard InChI is InChI=1S/C27H39NO5S/c1-16-8-7-9-20-14-32-23(20)13-22(17(2)12-21-15-34-19(4)28-21)33-24(29)10-11-27(5,6)26(31)18(3)25(16)30/h10-12,15-16,18,20,22-23,25,30H,7-9,13-14H2,1-6H3/b11-10-,17-12+. The third-order valence-corrected chi connectivity index (χ3v) is 8.08. The highest BCUT2D eigenvalue weighted by Gasteiger charge is 2.37. The maximum absolute atomic E-state index is 13.1. The molecule has 0 aliphatic carbocycles. The molecule has 0 aromatic carbocycles. The van der Waals surface area contributed by atoms with Crippen molar-refractivity contribution in [2.75, 3.05) is 6.61 Å². The quantitative estimate of drug-likeness (QED) is 0.579. The summed E-state index contributed by atoms with van der Waals surface area (Å²) < 4.78 is 11.8. The van der Waals surface area contributed by atoms with Crippen molar-refractivity contribution in [1.29, 1.82) is 0 Å². The Balaban J connectivity index is 1.85. The molecule has 0 spiro atoms. The second-order valence-corrected chi connectivity index (χ2v) is 11.6. The zero-order chi connectivity index (χ0) is 25.0. The van der Waals surface area contributed by atoms with Crippen molar-refractivity contribution < 1.29 is 24.2 Å². The van der Waals surface area contributed by atoms with Crippen LogP contribution in [0, 0.1) is 30.1 Å². The molecule has 3 heterocycles. The highest BCUT2D eigenvalue weighted by molar-refractivity contribution is 7.09. The van der Waals surface area contributed by atoms with Crippen LogP contribution in [0.25, 0.3) is 6.08 Å². The third kappa shape index (κ3) is 6.64. The number of hydrogen-bond acceptors (Lipinski definition) is 7. The number of Topliss-reactive ketones (excluding diaryl/α,β-unsaturated/α-hetero) is 1. The predicted octanol–water partition coefficient (Wildman–Crippen LogP) is 5.14. The Labute approximate surface area is 207 Å². The largest absolute Gasteiger partial charge is 0.455 e. The van der Waals surface area contributed by atoms with Crippen LogP contribution in [0.2, 0.25) is 0 Å².